The van der Waals surface area contributed by atoms with Gasteiger partial charge >= 0.3 is 0 Å². The van der Waals surface area contributed by atoms with Crippen molar-refractivity contribution in [1.82, 2.24) is 0 Å². The van der Waals surface area contributed by atoms with Crippen LogP contribution in [-0.4, -0.2) is 10.7 Å². The molecule has 0 saturated heterocycles. The SMILES string of the molecule is CCCCCCC#CCC(O)(CC)CC. The van der Waals surface area contributed by atoms with E-state index >= 15 is 0 Å². The van der Waals surface area contributed by atoms with E-state index in [1.165, 1.54) is 25.7 Å². The Labute approximate surface area is 95.3 Å². The Bertz CT molecular complexity index is 193. The van der Waals surface area contributed by atoms with E-state index in [1.807, 2.05) is 13.8 Å². The second-order valence-corrected chi connectivity index (χ2v) is 4.27. The molecule has 0 rings (SSSR count). The van der Waals surface area contributed by atoms with Crippen LogP contribution in [0.4, 0.5) is 0 Å². The smallest absolute Gasteiger partial charge is 0.0751 e. The van der Waals surface area contributed by atoms with Crippen molar-refractivity contribution >= 4 is 0 Å². The third kappa shape index (κ3) is 7.45. The quantitative estimate of drug-likeness (QED) is 0.499. The highest BCUT2D eigenvalue weighted by Gasteiger charge is 2.19. The Morgan fingerprint density at radius 3 is 2.13 bits per heavy atom. The summed E-state index contributed by atoms with van der Waals surface area (Å²) in [5, 5.41) is 9.97. The van der Waals surface area contributed by atoms with E-state index in [0.29, 0.717) is 6.42 Å². The molecule has 0 aliphatic heterocycles. The van der Waals surface area contributed by atoms with Crippen LogP contribution in [0.5, 0.6) is 0 Å². The zero-order chi connectivity index (χ0) is 11.6. The summed E-state index contributed by atoms with van der Waals surface area (Å²) in [6, 6.07) is 0. The Hall–Kier alpha value is -0.480. The van der Waals surface area contributed by atoms with Crippen molar-refractivity contribution in [3.8, 4) is 11.8 Å². The molecule has 0 aliphatic rings. The van der Waals surface area contributed by atoms with Crippen molar-refractivity contribution in [3.05, 3.63) is 0 Å². The van der Waals surface area contributed by atoms with Gasteiger partial charge in [0.1, 0.15) is 0 Å². The fraction of sp³-hybridized carbons (Fsp3) is 0.857. The molecule has 0 atom stereocenters. The van der Waals surface area contributed by atoms with Crippen LogP contribution in [0.2, 0.25) is 0 Å². The molecule has 88 valence electrons. The van der Waals surface area contributed by atoms with E-state index in [2.05, 4.69) is 18.8 Å². The van der Waals surface area contributed by atoms with Crippen LogP contribution in [0.25, 0.3) is 0 Å². The lowest BCUT2D eigenvalue weighted by molar-refractivity contribution is 0.0375. The minimum atomic E-state index is -0.545. The normalized spacial score (nSPS) is 10.9. The van der Waals surface area contributed by atoms with Gasteiger partial charge in [-0.25, -0.2) is 0 Å². The predicted octanol–water partition coefficient (Wildman–Crippen LogP) is 3.90. The highest BCUT2D eigenvalue weighted by molar-refractivity contribution is 5.03. The lowest BCUT2D eigenvalue weighted by atomic mass is 9.94. The van der Waals surface area contributed by atoms with Crippen molar-refractivity contribution in [3.63, 3.8) is 0 Å². The lowest BCUT2D eigenvalue weighted by Gasteiger charge is -2.21. The van der Waals surface area contributed by atoms with E-state index in [4.69, 9.17) is 0 Å². The second kappa shape index (κ2) is 8.80. The summed E-state index contributed by atoms with van der Waals surface area (Å²) >= 11 is 0. The molecule has 15 heavy (non-hydrogen) atoms. The van der Waals surface area contributed by atoms with Crippen LogP contribution in [0, 0.1) is 11.8 Å². The van der Waals surface area contributed by atoms with Crippen molar-refractivity contribution in [2.24, 2.45) is 0 Å². The van der Waals surface area contributed by atoms with Crippen LogP contribution >= 0.6 is 0 Å². The predicted molar refractivity (Wildman–Crippen MR) is 66.7 cm³/mol. The summed E-state index contributed by atoms with van der Waals surface area (Å²) < 4.78 is 0. The van der Waals surface area contributed by atoms with E-state index in [9.17, 15) is 5.11 Å². The highest BCUT2D eigenvalue weighted by Crippen LogP contribution is 2.18. The highest BCUT2D eigenvalue weighted by atomic mass is 16.3. The Balaban J connectivity index is 3.60. The maximum absolute atomic E-state index is 9.97. The minimum absolute atomic E-state index is 0.545. The topological polar surface area (TPSA) is 20.2 Å². The largest absolute Gasteiger partial charge is 0.389 e. The first-order valence-electron chi connectivity index (χ1n) is 6.36. The second-order valence-electron chi connectivity index (χ2n) is 4.27. The average Bonchev–Trinajstić information content (AvgIpc) is 2.27. The first-order valence-corrected chi connectivity index (χ1v) is 6.36. The van der Waals surface area contributed by atoms with Gasteiger partial charge in [0.25, 0.3) is 0 Å². The standard InChI is InChI=1S/C14H26O/c1-4-7-8-9-10-11-12-13-14(15,5-2)6-3/h15H,4-10,13H2,1-3H3. The van der Waals surface area contributed by atoms with Gasteiger partial charge in [-0.1, -0.05) is 40.0 Å². The van der Waals surface area contributed by atoms with Crippen LogP contribution in [0.15, 0.2) is 0 Å². The Kier molecular flexibility index (Phi) is 8.52. The minimum Gasteiger partial charge on any atom is -0.389 e. The van der Waals surface area contributed by atoms with Crippen molar-refractivity contribution in [2.45, 2.75) is 77.7 Å². The fourth-order valence-corrected chi connectivity index (χ4v) is 1.46. The molecular weight excluding hydrogens is 184 g/mol. The van der Waals surface area contributed by atoms with Gasteiger partial charge in [0.05, 0.1) is 5.60 Å². The van der Waals surface area contributed by atoms with Crippen LogP contribution in [0.3, 0.4) is 0 Å². The Morgan fingerprint density at radius 2 is 1.60 bits per heavy atom. The van der Waals surface area contributed by atoms with Crippen molar-refractivity contribution < 1.29 is 5.11 Å². The van der Waals surface area contributed by atoms with E-state index in [0.717, 1.165) is 19.3 Å². The Morgan fingerprint density at radius 1 is 0.933 bits per heavy atom. The fourth-order valence-electron chi connectivity index (χ4n) is 1.46. The van der Waals surface area contributed by atoms with Crippen LogP contribution in [-0.2, 0) is 0 Å². The molecule has 1 N–H and O–H groups in total. The van der Waals surface area contributed by atoms with Gasteiger partial charge in [-0.2, -0.15) is 0 Å². The van der Waals surface area contributed by atoms with Gasteiger partial charge in [0.15, 0.2) is 0 Å². The molecule has 0 spiro atoms. The van der Waals surface area contributed by atoms with Gasteiger partial charge in [-0.05, 0) is 19.3 Å². The van der Waals surface area contributed by atoms with Crippen molar-refractivity contribution in [1.29, 1.82) is 0 Å². The molecule has 0 fully saturated rings. The van der Waals surface area contributed by atoms with Crippen molar-refractivity contribution in [2.75, 3.05) is 0 Å². The maximum atomic E-state index is 9.97. The van der Waals surface area contributed by atoms with E-state index in [1.54, 1.807) is 0 Å². The average molecular weight is 210 g/mol. The molecule has 0 bridgehead atoms. The molecule has 1 heteroatoms. The summed E-state index contributed by atoms with van der Waals surface area (Å²) in [5.41, 5.74) is -0.545. The third-order valence-electron chi connectivity index (χ3n) is 3.01. The maximum Gasteiger partial charge on any atom is 0.0751 e. The molecule has 0 heterocycles. The number of hydrogen-bond donors (Lipinski definition) is 1. The molecule has 0 unspecified atom stereocenters. The summed E-state index contributed by atoms with van der Waals surface area (Å²) in [5.74, 6) is 6.26. The summed E-state index contributed by atoms with van der Waals surface area (Å²) in [7, 11) is 0. The van der Waals surface area contributed by atoms with Crippen LogP contribution in [0.1, 0.15) is 72.1 Å². The molecule has 0 aromatic heterocycles. The van der Waals surface area contributed by atoms with Crippen LogP contribution < -0.4 is 0 Å². The first-order chi connectivity index (χ1) is 7.18. The molecule has 0 amide bonds. The lowest BCUT2D eigenvalue weighted by Crippen LogP contribution is -2.25. The van der Waals surface area contributed by atoms with Gasteiger partial charge in [-0.3, -0.25) is 0 Å². The summed E-state index contributed by atoms with van der Waals surface area (Å²) in [6.07, 6.45) is 8.31. The third-order valence-corrected chi connectivity index (χ3v) is 3.01. The number of aliphatic hydroxyl groups is 1. The molecule has 0 saturated carbocycles. The van der Waals surface area contributed by atoms with Gasteiger partial charge in [0, 0.05) is 12.8 Å². The van der Waals surface area contributed by atoms with Gasteiger partial charge in [0.2, 0.25) is 0 Å². The monoisotopic (exact) mass is 210 g/mol. The number of hydrogen-bond acceptors (Lipinski definition) is 1. The molecular formula is C14H26O. The number of unbranched alkanes of at least 4 members (excludes halogenated alkanes) is 4. The first kappa shape index (κ1) is 14.5. The summed E-state index contributed by atoms with van der Waals surface area (Å²) in [6.45, 7) is 6.26. The molecule has 0 aromatic carbocycles. The van der Waals surface area contributed by atoms with Gasteiger partial charge < -0.3 is 5.11 Å². The van der Waals surface area contributed by atoms with E-state index < -0.39 is 5.60 Å². The zero-order valence-corrected chi connectivity index (χ0v) is 10.6. The zero-order valence-electron chi connectivity index (χ0n) is 10.6. The molecule has 0 radical (unpaired) electrons. The van der Waals surface area contributed by atoms with E-state index in [-0.39, 0.29) is 0 Å². The molecule has 1 nitrogen and oxygen atoms in total. The molecule has 0 aromatic rings. The van der Waals surface area contributed by atoms with Gasteiger partial charge in [-0.15, -0.1) is 11.8 Å². The number of rotatable bonds is 7. The molecule has 0 aliphatic carbocycles. The summed E-state index contributed by atoms with van der Waals surface area (Å²) in [4.78, 5) is 0.